The minimum atomic E-state index is -3.56. The maximum atomic E-state index is 12.1. The second-order valence-corrected chi connectivity index (χ2v) is 7.31. The van der Waals surface area contributed by atoms with E-state index in [1.54, 1.807) is 6.07 Å². The quantitative estimate of drug-likeness (QED) is 0.749. The molecule has 0 spiro atoms. The fraction of sp³-hybridized carbons (Fsp3) is 0.571. The molecule has 2 rings (SSSR count). The highest BCUT2D eigenvalue weighted by molar-refractivity contribution is 7.89. The molecule has 1 aliphatic rings. The van der Waals surface area contributed by atoms with Crippen LogP contribution in [0.3, 0.4) is 0 Å². The van der Waals surface area contributed by atoms with Crippen LogP contribution in [0.15, 0.2) is 23.1 Å². The average Bonchev–Trinajstić information content (AvgIpc) is 2.97. The van der Waals surface area contributed by atoms with Crippen LogP contribution in [0.2, 0.25) is 5.02 Å². The second kappa shape index (κ2) is 7.56. The molecule has 7 heteroatoms. The molecule has 0 bridgehead atoms. The Hall–Kier alpha value is -0.660. The fourth-order valence-corrected chi connectivity index (χ4v) is 3.76. The number of halogens is 1. The van der Waals surface area contributed by atoms with E-state index in [1.807, 2.05) is 0 Å². The molecule has 21 heavy (non-hydrogen) atoms. The summed E-state index contributed by atoms with van der Waals surface area (Å²) in [4.78, 5) is 0.144. The molecular formula is C14H21ClN2O3S. The number of sulfonamides is 1. The maximum Gasteiger partial charge on any atom is 0.240 e. The number of rotatable bonds is 7. The lowest BCUT2D eigenvalue weighted by Crippen LogP contribution is -2.28. The first-order valence-corrected chi connectivity index (χ1v) is 8.99. The molecule has 0 radical (unpaired) electrons. The van der Waals surface area contributed by atoms with Crippen LogP contribution < -0.4 is 10.5 Å². The van der Waals surface area contributed by atoms with E-state index in [2.05, 4.69) is 4.72 Å². The number of hydrogen-bond acceptors (Lipinski definition) is 4. The second-order valence-electron chi connectivity index (χ2n) is 5.13. The molecule has 0 amide bonds. The zero-order valence-corrected chi connectivity index (χ0v) is 13.4. The van der Waals surface area contributed by atoms with Crippen molar-refractivity contribution in [3.05, 3.63) is 28.8 Å². The van der Waals surface area contributed by atoms with Gasteiger partial charge in [0.05, 0.1) is 17.6 Å². The molecule has 5 nitrogen and oxygen atoms in total. The van der Waals surface area contributed by atoms with Crippen molar-refractivity contribution in [1.29, 1.82) is 0 Å². The molecule has 0 aromatic heterocycles. The lowest BCUT2D eigenvalue weighted by molar-refractivity contribution is 0.0626. The van der Waals surface area contributed by atoms with Crippen LogP contribution in [-0.2, 0) is 21.3 Å². The molecule has 1 fully saturated rings. The highest BCUT2D eigenvalue weighted by atomic mass is 35.5. The summed E-state index contributed by atoms with van der Waals surface area (Å²) < 4.78 is 32.4. The van der Waals surface area contributed by atoms with Gasteiger partial charge in [0, 0.05) is 18.1 Å². The van der Waals surface area contributed by atoms with Crippen LogP contribution >= 0.6 is 11.6 Å². The first-order chi connectivity index (χ1) is 10.0. The first-order valence-electron chi connectivity index (χ1n) is 7.12. The molecule has 3 N–H and O–H groups in total. The van der Waals surface area contributed by atoms with Crippen molar-refractivity contribution in [3.63, 3.8) is 0 Å². The number of benzene rings is 1. The van der Waals surface area contributed by atoms with Gasteiger partial charge in [-0.05, 0) is 30.5 Å². The first kappa shape index (κ1) is 16.7. The SMILES string of the molecule is NCc1ccc(S(=O)(=O)NCCOC2CCCC2)cc1Cl. The summed E-state index contributed by atoms with van der Waals surface area (Å²) in [5, 5.41) is 0.364. The van der Waals surface area contributed by atoms with Gasteiger partial charge < -0.3 is 10.5 Å². The fourth-order valence-electron chi connectivity index (χ4n) is 2.40. The van der Waals surface area contributed by atoms with Gasteiger partial charge in [0.2, 0.25) is 10.0 Å². The Balaban J connectivity index is 1.87. The van der Waals surface area contributed by atoms with Gasteiger partial charge in [-0.15, -0.1) is 0 Å². The average molecular weight is 333 g/mol. The summed E-state index contributed by atoms with van der Waals surface area (Å²) in [5.41, 5.74) is 6.22. The van der Waals surface area contributed by atoms with Gasteiger partial charge in [-0.2, -0.15) is 0 Å². The largest absolute Gasteiger partial charge is 0.377 e. The number of nitrogens with one attached hydrogen (secondary N) is 1. The molecule has 118 valence electrons. The Morgan fingerprint density at radius 1 is 1.33 bits per heavy atom. The number of hydrogen-bond donors (Lipinski definition) is 2. The van der Waals surface area contributed by atoms with E-state index in [4.69, 9.17) is 22.1 Å². The maximum absolute atomic E-state index is 12.1. The van der Waals surface area contributed by atoms with E-state index in [9.17, 15) is 8.42 Å². The van der Waals surface area contributed by atoms with Crippen molar-refractivity contribution in [3.8, 4) is 0 Å². The monoisotopic (exact) mass is 332 g/mol. The van der Waals surface area contributed by atoms with E-state index < -0.39 is 10.0 Å². The van der Waals surface area contributed by atoms with Crippen LogP contribution in [-0.4, -0.2) is 27.7 Å². The van der Waals surface area contributed by atoms with Crippen molar-refractivity contribution in [2.24, 2.45) is 5.73 Å². The molecule has 1 aromatic rings. The third-order valence-electron chi connectivity index (χ3n) is 3.60. The molecular weight excluding hydrogens is 312 g/mol. The smallest absolute Gasteiger partial charge is 0.240 e. The van der Waals surface area contributed by atoms with Crippen molar-refractivity contribution in [1.82, 2.24) is 4.72 Å². The van der Waals surface area contributed by atoms with Gasteiger partial charge in [0.25, 0.3) is 0 Å². The molecule has 1 aromatic carbocycles. The molecule has 0 aliphatic heterocycles. The summed E-state index contributed by atoms with van der Waals surface area (Å²) in [7, 11) is -3.56. The number of ether oxygens (including phenoxy) is 1. The van der Waals surface area contributed by atoms with E-state index in [0.717, 1.165) is 18.4 Å². The molecule has 0 saturated heterocycles. The van der Waals surface area contributed by atoms with Crippen LogP contribution in [0.1, 0.15) is 31.2 Å². The summed E-state index contributed by atoms with van der Waals surface area (Å²) >= 11 is 5.99. The van der Waals surface area contributed by atoms with Crippen molar-refractivity contribution in [2.75, 3.05) is 13.2 Å². The molecule has 0 atom stereocenters. The van der Waals surface area contributed by atoms with Gasteiger partial charge in [-0.1, -0.05) is 30.5 Å². The highest BCUT2D eigenvalue weighted by Gasteiger charge is 2.17. The van der Waals surface area contributed by atoms with Crippen molar-refractivity contribution >= 4 is 21.6 Å². The van der Waals surface area contributed by atoms with Crippen LogP contribution in [0.5, 0.6) is 0 Å². The van der Waals surface area contributed by atoms with E-state index >= 15 is 0 Å². The van der Waals surface area contributed by atoms with Gasteiger partial charge in [0.1, 0.15) is 0 Å². The van der Waals surface area contributed by atoms with Crippen molar-refractivity contribution in [2.45, 2.75) is 43.2 Å². The lowest BCUT2D eigenvalue weighted by Gasteiger charge is -2.12. The van der Waals surface area contributed by atoms with Gasteiger partial charge in [-0.25, -0.2) is 13.1 Å². The summed E-state index contributed by atoms with van der Waals surface area (Å²) in [6.07, 6.45) is 4.82. The van der Waals surface area contributed by atoms with Crippen LogP contribution in [0.25, 0.3) is 0 Å². The van der Waals surface area contributed by atoms with Crippen molar-refractivity contribution < 1.29 is 13.2 Å². The Bertz CT molecular complexity index is 572. The van der Waals surface area contributed by atoms with Gasteiger partial charge >= 0.3 is 0 Å². The van der Waals surface area contributed by atoms with Crippen LogP contribution in [0.4, 0.5) is 0 Å². The third kappa shape index (κ3) is 4.66. The summed E-state index contributed by atoms with van der Waals surface area (Å²) in [6, 6.07) is 4.56. The number of nitrogens with two attached hydrogens (primary N) is 1. The predicted molar refractivity (Wildman–Crippen MR) is 82.7 cm³/mol. The zero-order valence-electron chi connectivity index (χ0n) is 11.8. The summed E-state index contributed by atoms with van der Waals surface area (Å²) in [5.74, 6) is 0. The third-order valence-corrected chi connectivity index (χ3v) is 5.42. The standard InChI is InChI=1S/C14H21ClN2O3S/c15-14-9-13(6-5-11(14)10-16)21(18,19)17-7-8-20-12-3-1-2-4-12/h5-6,9,12,17H,1-4,7-8,10,16H2. The van der Waals surface area contributed by atoms with Gasteiger partial charge in [0.15, 0.2) is 0 Å². The Morgan fingerprint density at radius 2 is 2.05 bits per heavy atom. The molecule has 0 heterocycles. The Kier molecular flexibility index (Phi) is 6.01. The van der Waals surface area contributed by atoms with Crippen LogP contribution in [0, 0.1) is 0 Å². The van der Waals surface area contributed by atoms with E-state index in [1.165, 1.54) is 25.0 Å². The highest BCUT2D eigenvalue weighted by Crippen LogP contribution is 2.21. The predicted octanol–water partition coefficient (Wildman–Crippen LogP) is 2.04. The lowest BCUT2D eigenvalue weighted by atomic mass is 10.2. The van der Waals surface area contributed by atoms with E-state index in [0.29, 0.717) is 11.6 Å². The topological polar surface area (TPSA) is 81.4 Å². The normalized spacial score (nSPS) is 16.5. The minimum absolute atomic E-state index is 0.144. The Labute approximate surface area is 130 Å². The van der Waals surface area contributed by atoms with E-state index in [-0.39, 0.29) is 24.1 Å². The minimum Gasteiger partial charge on any atom is -0.377 e. The zero-order chi connectivity index (χ0) is 15.3. The molecule has 0 unspecified atom stereocenters. The molecule has 1 saturated carbocycles. The molecule has 1 aliphatic carbocycles. The van der Waals surface area contributed by atoms with Gasteiger partial charge in [-0.3, -0.25) is 0 Å². The summed E-state index contributed by atoms with van der Waals surface area (Å²) in [6.45, 7) is 0.926. The Morgan fingerprint density at radius 3 is 2.67 bits per heavy atom.